The topological polar surface area (TPSA) is 39.6 Å². The Kier molecular flexibility index (Phi) is 4.22. The number of aromatic nitrogens is 1. The molecule has 1 N–H and O–H groups in total. The maximum Gasteiger partial charge on any atom is 0.417 e. The van der Waals surface area contributed by atoms with Crippen molar-refractivity contribution in [3.05, 3.63) is 51.7 Å². The Labute approximate surface area is 131 Å². The van der Waals surface area contributed by atoms with Gasteiger partial charge in [0.05, 0.1) is 16.7 Å². The van der Waals surface area contributed by atoms with Crippen LogP contribution in [0.3, 0.4) is 0 Å². The van der Waals surface area contributed by atoms with Crippen molar-refractivity contribution in [3.63, 3.8) is 0 Å². The number of H-pyrrole nitrogens is 1. The van der Waals surface area contributed by atoms with Gasteiger partial charge in [0.2, 0.25) is 0 Å². The van der Waals surface area contributed by atoms with Gasteiger partial charge in [-0.1, -0.05) is 24.4 Å². The van der Waals surface area contributed by atoms with Crippen molar-refractivity contribution in [2.45, 2.75) is 12.4 Å². The summed E-state index contributed by atoms with van der Waals surface area (Å²) in [5.74, 6) is 0. The number of nitrogens with one attached hydrogen (secondary N) is 1. The van der Waals surface area contributed by atoms with Crippen LogP contribution in [0.25, 0.3) is 11.3 Å². The summed E-state index contributed by atoms with van der Waals surface area (Å²) in [4.78, 5) is 2.42. The number of hydrogen-bond acceptors (Lipinski definition) is 2. The van der Waals surface area contributed by atoms with Crippen molar-refractivity contribution in [3.8, 4) is 17.3 Å². The molecule has 0 saturated heterocycles. The normalized spacial score (nSPS) is 12.0. The summed E-state index contributed by atoms with van der Waals surface area (Å²) in [7, 11) is 0. The van der Waals surface area contributed by atoms with E-state index < -0.39 is 33.7 Å². The molecule has 0 aliphatic carbocycles. The maximum absolute atomic E-state index is 13.0. The van der Waals surface area contributed by atoms with Gasteiger partial charge < -0.3 is 4.98 Å². The molecule has 0 aliphatic rings. The third-order valence-electron chi connectivity index (χ3n) is 2.97. The Morgan fingerprint density at radius 1 is 0.957 bits per heavy atom. The van der Waals surface area contributed by atoms with Gasteiger partial charge in [-0.25, -0.2) is 0 Å². The van der Waals surface area contributed by atoms with Gasteiger partial charge in [0.1, 0.15) is 10.7 Å². The van der Waals surface area contributed by atoms with E-state index in [1.54, 1.807) is 0 Å². The van der Waals surface area contributed by atoms with Crippen LogP contribution in [0.5, 0.6) is 0 Å². The summed E-state index contributed by atoms with van der Waals surface area (Å²) in [5, 5.41) is 8.79. The number of pyridine rings is 1. The molecular formula is C14H6F6N2S. The SMILES string of the molecule is N#Cc1c(C(F)(F)F)cc(-c2ccc(C(F)(F)F)cc2)[nH]c1=S. The van der Waals surface area contributed by atoms with Crippen molar-refractivity contribution < 1.29 is 26.3 Å². The third kappa shape index (κ3) is 3.53. The zero-order valence-electron chi connectivity index (χ0n) is 11.0. The van der Waals surface area contributed by atoms with Crippen molar-refractivity contribution in [2.75, 3.05) is 0 Å². The molecule has 0 atom stereocenters. The molecule has 2 aromatic rings. The van der Waals surface area contributed by atoms with Crippen LogP contribution in [0.2, 0.25) is 0 Å². The van der Waals surface area contributed by atoms with E-state index >= 15 is 0 Å². The highest BCUT2D eigenvalue weighted by Crippen LogP contribution is 2.35. The van der Waals surface area contributed by atoms with Gasteiger partial charge in [0.15, 0.2) is 0 Å². The van der Waals surface area contributed by atoms with E-state index in [4.69, 9.17) is 17.5 Å². The predicted molar refractivity (Wildman–Crippen MR) is 71.8 cm³/mol. The number of nitriles is 1. The number of rotatable bonds is 1. The molecule has 120 valence electrons. The number of benzene rings is 1. The summed E-state index contributed by atoms with van der Waals surface area (Å²) >= 11 is 4.72. The Morgan fingerprint density at radius 2 is 1.52 bits per heavy atom. The average molecular weight is 348 g/mol. The highest BCUT2D eigenvalue weighted by molar-refractivity contribution is 7.71. The molecule has 23 heavy (non-hydrogen) atoms. The van der Waals surface area contributed by atoms with Gasteiger partial charge in [-0.3, -0.25) is 0 Å². The first-order valence-corrected chi connectivity index (χ1v) is 6.37. The Bertz CT molecular complexity index is 825. The summed E-state index contributed by atoms with van der Waals surface area (Å²) in [5.41, 5.74) is -2.94. The lowest BCUT2D eigenvalue weighted by atomic mass is 10.0. The Balaban J connectivity index is 2.60. The molecule has 2 nitrogen and oxygen atoms in total. The first-order chi connectivity index (χ1) is 10.5. The van der Waals surface area contributed by atoms with E-state index in [0.29, 0.717) is 6.07 Å². The van der Waals surface area contributed by atoms with Gasteiger partial charge in [-0.15, -0.1) is 0 Å². The number of nitrogens with zero attached hydrogens (tertiary/aromatic N) is 1. The number of aromatic amines is 1. The lowest BCUT2D eigenvalue weighted by molar-refractivity contribution is -0.138. The number of hydrogen-bond donors (Lipinski definition) is 1. The minimum Gasteiger partial charge on any atom is -0.345 e. The fourth-order valence-electron chi connectivity index (χ4n) is 1.89. The quantitative estimate of drug-likeness (QED) is 0.560. The van der Waals surface area contributed by atoms with Gasteiger partial charge in [0, 0.05) is 5.69 Å². The van der Waals surface area contributed by atoms with Crippen LogP contribution >= 0.6 is 12.2 Å². The first kappa shape index (κ1) is 17.0. The zero-order valence-corrected chi connectivity index (χ0v) is 11.8. The summed E-state index contributed by atoms with van der Waals surface area (Å²) in [6.07, 6.45) is -9.36. The van der Waals surface area contributed by atoms with Gasteiger partial charge in [-0.05, 0) is 23.8 Å². The summed E-state index contributed by atoms with van der Waals surface area (Å²) in [6, 6.07) is 5.57. The van der Waals surface area contributed by atoms with E-state index in [9.17, 15) is 26.3 Å². The molecule has 0 radical (unpaired) electrons. The molecule has 0 aliphatic heterocycles. The van der Waals surface area contributed by atoms with Crippen LogP contribution in [0.15, 0.2) is 30.3 Å². The molecule has 2 rings (SSSR count). The number of alkyl halides is 6. The monoisotopic (exact) mass is 348 g/mol. The fourth-order valence-corrected chi connectivity index (χ4v) is 2.15. The lowest BCUT2D eigenvalue weighted by Crippen LogP contribution is -2.10. The van der Waals surface area contributed by atoms with Crippen molar-refractivity contribution >= 4 is 12.2 Å². The van der Waals surface area contributed by atoms with E-state index in [1.807, 2.05) is 0 Å². The molecule has 9 heteroatoms. The largest absolute Gasteiger partial charge is 0.417 e. The maximum atomic E-state index is 13.0. The molecule has 0 amide bonds. The lowest BCUT2D eigenvalue weighted by Gasteiger charge is -2.12. The third-order valence-corrected chi connectivity index (χ3v) is 3.28. The van der Waals surface area contributed by atoms with Crippen LogP contribution in [0, 0.1) is 16.0 Å². The van der Waals surface area contributed by atoms with E-state index in [1.165, 1.54) is 6.07 Å². The molecule has 1 heterocycles. The molecule has 0 spiro atoms. The highest BCUT2D eigenvalue weighted by atomic mass is 32.1. The molecule has 0 unspecified atom stereocenters. The molecule has 1 aromatic carbocycles. The van der Waals surface area contributed by atoms with Crippen molar-refractivity contribution in [1.29, 1.82) is 5.26 Å². The Hall–Kier alpha value is -2.34. The van der Waals surface area contributed by atoms with Crippen molar-refractivity contribution in [1.82, 2.24) is 4.98 Å². The second-order valence-corrected chi connectivity index (χ2v) is 4.89. The van der Waals surface area contributed by atoms with E-state index in [2.05, 4.69) is 4.98 Å². The minimum absolute atomic E-state index is 0.0825. The average Bonchev–Trinajstić information content (AvgIpc) is 2.44. The molecule has 0 fully saturated rings. The molecule has 0 saturated carbocycles. The van der Waals surface area contributed by atoms with Crippen LogP contribution < -0.4 is 0 Å². The second-order valence-electron chi connectivity index (χ2n) is 4.49. The summed E-state index contributed by atoms with van der Waals surface area (Å²) in [6.45, 7) is 0. The second kappa shape index (κ2) is 5.70. The zero-order chi connectivity index (χ0) is 17.4. The fraction of sp³-hybridized carbons (Fsp3) is 0.143. The highest BCUT2D eigenvalue weighted by Gasteiger charge is 2.35. The van der Waals surface area contributed by atoms with E-state index in [0.717, 1.165) is 24.3 Å². The molecule has 1 aromatic heterocycles. The van der Waals surface area contributed by atoms with E-state index in [-0.39, 0.29) is 11.3 Å². The Morgan fingerprint density at radius 3 is 1.96 bits per heavy atom. The van der Waals surface area contributed by atoms with Crippen molar-refractivity contribution in [2.24, 2.45) is 0 Å². The minimum atomic E-state index is -4.81. The molecular weight excluding hydrogens is 342 g/mol. The van der Waals surface area contributed by atoms with Crippen LogP contribution in [0.4, 0.5) is 26.3 Å². The summed E-state index contributed by atoms with van der Waals surface area (Å²) < 4.78 is 76.0. The van der Waals surface area contributed by atoms with Gasteiger partial charge >= 0.3 is 12.4 Å². The van der Waals surface area contributed by atoms with Gasteiger partial charge in [0.25, 0.3) is 0 Å². The predicted octanol–water partition coefficient (Wildman–Crippen LogP) is 5.32. The first-order valence-electron chi connectivity index (χ1n) is 5.96. The van der Waals surface area contributed by atoms with Gasteiger partial charge in [-0.2, -0.15) is 31.6 Å². The molecule has 0 bridgehead atoms. The standard InChI is InChI=1S/C14H6F6N2S/c15-13(16,17)8-3-1-7(2-4-8)11-5-10(14(18,19)20)9(6-21)12(23)22-11/h1-5H,(H,22,23). The number of halogens is 6. The van der Waals surface area contributed by atoms with Crippen LogP contribution in [-0.2, 0) is 12.4 Å². The van der Waals surface area contributed by atoms with Crippen LogP contribution in [0.1, 0.15) is 16.7 Å². The van der Waals surface area contributed by atoms with Crippen LogP contribution in [-0.4, -0.2) is 4.98 Å². The smallest absolute Gasteiger partial charge is 0.345 e.